The van der Waals surface area contributed by atoms with Gasteiger partial charge in [-0.2, -0.15) is 5.10 Å². The molecule has 2 aromatic carbocycles. The molecule has 0 bridgehead atoms. The van der Waals surface area contributed by atoms with Crippen molar-refractivity contribution in [3.8, 4) is 16.9 Å². The van der Waals surface area contributed by atoms with Crippen molar-refractivity contribution in [2.24, 2.45) is 5.10 Å². The number of carbonyl (C=O) groups excluding carboxylic acids is 1. The summed E-state index contributed by atoms with van der Waals surface area (Å²) in [6.45, 7) is 5.49. The van der Waals surface area contributed by atoms with Gasteiger partial charge in [0.25, 0.3) is 5.91 Å². The van der Waals surface area contributed by atoms with Crippen molar-refractivity contribution in [3.63, 3.8) is 0 Å². The fourth-order valence-corrected chi connectivity index (χ4v) is 4.15. The minimum absolute atomic E-state index is 0.166. The van der Waals surface area contributed by atoms with Crippen LogP contribution >= 0.6 is 0 Å². The molecule has 29 heavy (non-hydrogen) atoms. The molecule has 3 aliphatic rings. The number of carbonyl (C=O) groups is 1. The standard InChI is InChI=1S/C21H22FN5O2/c1-13-21(28)25-24-19-12-29-18-11-14(5-6-16(18)27(13)19)20-15(22)3-2-4-17(20)26-9-7-23-8-10-26/h2-6,11,13,23H,7-10,12H2,1H3,(H,25,28)/t13-/m1/s1. The Bertz CT molecular complexity index is 1000. The molecular weight excluding hydrogens is 373 g/mol. The van der Waals surface area contributed by atoms with Gasteiger partial charge < -0.3 is 19.9 Å². The number of anilines is 2. The lowest BCUT2D eigenvalue weighted by molar-refractivity contribution is -0.122. The predicted octanol–water partition coefficient (Wildman–Crippen LogP) is 1.93. The van der Waals surface area contributed by atoms with Gasteiger partial charge in [0.05, 0.1) is 5.69 Å². The third-order valence-corrected chi connectivity index (χ3v) is 5.65. The van der Waals surface area contributed by atoms with Crippen molar-refractivity contribution < 1.29 is 13.9 Å². The lowest BCUT2D eigenvalue weighted by Gasteiger charge is -2.38. The largest absolute Gasteiger partial charge is 0.483 e. The number of hydrogen-bond donors (Lipinski definition) is 2. The average molecular weight is 395 g/mol. The van der Waals surface area contributed by atoms with E-state index in [1.54, 1.807) is 6.07 Å². The SMILES string of the molecule is C[C@@H]1C(=O)NN=C2COc3cc(-c4c(F)cccc4N4CCNCC4)ccc3N21. The topological polar surface area (TPSA) is 69.2 Å². The summed E-state index contributed by atoms with van der Waals surface area (Å²) in [6.07, 6.45) is 0. The molecule has 3 heterocycles. The van der Waals surface area contributed by atoms with Gasteiger partial charge in [0.1, 0.15) is 24.2 Å². The molecule has 7 nitrogen and oxygen atoms in total. The molecule has 0 saturated carbocycles. The lowest BCUT2D eigenvalue weighted by atomic mass is 9.99. The minimum Gasteiger partial charge on any atom is -0.483 e. The Labute approximate surface area is 168 Å². The number of halogens is 1. The number of piperazine rings is 1. The number of nitrogens with one attached hydrogen (secondary N) is 2. The van der Waals surface area contributed by atoms with E-state index in [1.807, 2.05) is 36.1 Å². The van der Waals surface area contributed by atoms with Crippen molar-refractivity contribution in [1.82, 2.24) is 10.7 Å². The molecule has 1 amide bonds. The van der Waals surface area contributed by atoms with Gasteiger partial charge >= 0.3 is 0 Å². The zero-order valence-corrected chi connectivity index (χ0v) is 16.1. The highest BCUT2D eigenvalue weighted by Gasteiger charge is 2.35. The first-order valence-electron chi connectivity index (χ1n) is 9.80. The smallest absolute Gasteiger partial charge is 0.262 e. The monoisotopic (exact) mass is 395 g/mol. The van der Waals surface area contributed by atoms with Crippen LogP contribution in [0.1, 0.15) is 6.92 Å². The summed E-state index contributed by atoms with van der Waals surface area (Å²) in [6, 6.07) is 10.4. The molecule has 1 atom stereocenters. The molecule has 0 aromatic heterocycles. The molecule has 1 fully saturated rings. The molecule has 5 rings (SSSR count). The van der Waals surface area contributed by atoms with Crippen molar-refractivity contribution >= 4 is 23.1 Å². The summed E-state index contributed by atoms with van der Waals surface area (Å²) < 4.78 is 20.8. The van der Waals surface area contributed by atoms with Crippen molar-refractivity contribution in [2.45, 2.75) is 13.0 Å². The third-order valence-electron chi connectivity index (χ3n) is 5.65. The normalized spacial score (nSPS) is 21.0. The van der Waals surface area contributed by atoms with Crippen molar-refractivity contribution in [3.05, 3.63) is 42.2 Å². The van der Waals surface area contributed by atoms with Crippen LogP contribution in [-0.4, -0.2) is 50.6 Å². The molecule has 0 unspecified atom stereocenters. The van der Waals surface area contributed by atoms with Gasteiger partial charge in [0.2, 0.25) is 0 Å². The number of nitrogens with zero attached hydrogens (tertiary/aromatic N) is 3. The quantitative estimate of drug-likeness (QED) is 0.813. The molecule has 0 aliphatic carbocycles. The summed E-state index contributed by atoms with van der Waals surface area (Å²) in [5.74, 6) is 0.854. The predicted molar refractivity (Wildman–Crippen MR) is 110 cm³/mol. The number of benzene rings is 2. The number of amides is 1. The van der Waals surface area contributed by atoms with Crippen LogP contribution in [0.4, 0.5) is 15.8 Å². The van der Waals surface area contributed by atoms with Crippen LogP contribution in [-0.2, 0) is 4.79 Å². The summed E-state index contributed by atoms with van der Waals surface area (Å²) in [5.41, 5.74) is 5.50. The number of ether oxygens (including phenoxy) is 1. The van der Waals surface area contributed by atoms with Crippen LogP contribution in [0.25, 0.3) is 11.1 Å². The zero-order chi connectivity index (χ0) is 20.0. The van der Waals surface area contributed by atoms with Crippen LogP contribution in [0.5, 0.6) is 5.75 Å². The molecule has 150 valence electrons. The Balaban J connectivity index is 1.57. The van der Waals surface area contributed by atoms with E-state index in [0.717, 1.165) is 43.1 Å². The highest BCUT2D eigenvalue weighted by molar-refractivity contribution is 6.09. The van der Waals surface area contributed by atoms with Crippen molar-refractivity contribution in [2.75, 3.05) is 42.6 Å². The van der Waals surface area contributed by atoms with Crippen LogP contribution in [0, 0.1) is 5.82 Å². The van der Waals surface area contributed by atoms with Gasteiger partial charge in [-0.3, -0.25) is 4.79 Å². The second-order valence-corrected chi connectivity index (χ2v) is 7.39. The molecule has 1 saturated heterocycles. The Morgan fingerprint density at radius 2 is 2.00 bits per heavy atom. The van der Waals surface area contributed by atoms with Gasteiger partial charge in [-0.05, 0) is 36.8 Å². The van der Waals surface area contributed by atoms with E-state index in [-0.39, 0.29) is 24.4 Å². The van der Waals surface area contributed by atoms with E-state index in [9.17, 15) is 9.18 Å². The van der Waals surface area contributed by atoms with Gasteiger partial charge in [-0.25, -0.2) is 9.82 Å². The first-order chi connectivity index (χ1) is 14.1. The van der Waals surface area contributed by atoms with E-state index in [4.69, 9.17) is 4.74 Å². The Kier molecular flexibility index (Phi) is 4.35. The number of rotatable bonds is 2. The summed E-state index contributed by atoms with van der Waals surface area (Å²) >= 11 is 0. The van der Waals surface area contributed by atoms with Gasteiger partial charge in [0, 0.05) is 37.4 Å². The first-order valence-corrected chi connectivity index (χ1v) is 9.80. The van der Waals surface area contributed by atoms with Crippen LogP contribution in [0.15, 0.2) is 41.5 Å². The lowest BCUT2D eigenvalue weighted by Crippen LogP contribution is -2.55. The second-order valence-electron chi connectivity index (χ2n) is 7.39. The van der Waals surface area contributed by atoms with Crippen LogP contribution in [0.2, 0.25) is 0 Å². The van der Waals surface area contributed by atoms with E-state index < -0.39 is 0 Å². The van der Waals surface area contributed by atoms with E-state index in [2.05, 4.69) is 20.7 Å². The zero-order valence-electron chi connectivity index (χ0n) is 16.1. The number of hydrogen-bond acceptors (Lipinski definition) is 6. The van der Waals surface area contributed by atoms with E-state index >= 15 is 0 Å². The summed E-state index contributed by atoms with van der Waals surface area (Å²) in [5, 5.41) is 7.43. The molecule has 3 aliphatic heterocycles. The van der Waals surface area contributed by atoms with Crippen LogP contribution < -0.4 is 25.3 Å². The fraction of sp³-hybridized carbons (Fsp3) is 0.333. The molecule has 0 spiro atoms. The molecule has 8 heteroatoms. The Hall–Kier alpha value is -3.13. The minimum atomic E-state index is -0.388. The maximum atomic E-state index is 14.9. The molecule has 2 N–H and O–H groups in total. The summed E-state index contributed by atoms with van der Waals surface area (Å²) in [4.78, 5) is 16.1. The fourth-order valence-electron chi connectivity index (χ4n) is 4.15. The van der Waals surface area contributed by atoms with E-state index in [0.29, 0.717) is 17.1 Å². The molecular formula is C21H22FN5O2. The average Bonchev–Trinajstić information content (AvgIpc) is 2.76. The number of amidine groups is 1. The van der Waals surface area contributed by atoms with E-state index in [1.165, 1.54) is 6.07 Å². The Morgan fingerprint density at radius 3 is 2.83 bits per heavy atom. The summed E-state index contributed by atoms with van der Waals surface area (Å²) in [7, 11) is 0. The third kappa shape index (κ3) is 3.00. The second kappa shape index (κ2) is 7.04. The van der Waals surface area contributed by atoms with Crippen LogP contribution in [0.3, 0.4) is 0 Å². The highest BCUT2D eigenvalue weighted by atomic mass is 19.1. The maximum absolute atomic E-state index is 14.9. The van der Waals surface area contributed by atoms with Crippen molar-refractivity contribution in [1.29, 1.82) is 0 Å². The number of fused-ring (bicyclic) bond motifs is 3. The maximum Gasteiger partial charge on any atom is 0.262 e. The highest BCUT2D eigenvalue weighted by Crippen LogP contribution is 2.41. The van der Waals surface area contributed by atoms with Gasteiger partial charge in [0.15, 0.2) is 5.84 Å². The van der Waals surface area contributed by atoms with Gasteiger partial charge in [-0.15, -0.1) is 0 Å². The molecule has 2 aromatic rings. The number of hydrazone groups is 1. The molecule has 0 radical (unpaired) electrons. The Morgan fingerprint density at radius 1 is 1.17 bits per heavy atom. The first kappa shape index (κ1) is 17.9. The van der Waals surface area contributed by atoms with Gasteiger partial charge in [-0.1, -0.05) is 12.1 Å².